The molecule has 0 spiro atoms. The lowest BCUT2D eigenvalue weighted by Gasteiger charge is -2.31. The van der Waals surface area contributed by atoms with Crippen LogP contribution in [0.5, 0.6) is 0 Å². The maximum Gasteiger partial charge on any atom is 0.189 e. The summed E-state index contributed by atoms with van der Waals surface area (Å²) in [4.78, 5) is 0. The van der Waals surface area contributed by atoms with Crippen LogP contribution in [0.15, 0.2) is 66.7 Å². The monoisotopic (exact) mass is 307 g/mol. The van der Waals surface area contributed by atoms with Gasteiger partial charge < -0.3 is 4.43 Å². The lowest BCUT2D eigenvalue weighted by atomic mass is 9.94. The van der Waals surface area contributed by atoms with Crippen LogP contribution in [0.25, 0.3) is 6.08 Å². The molecule has 1 unspecified atom stereocenters. The second-order valence-corrected chi connectivity index (χ2v) is 10.6. The molecular weight excluding hydrogens is 286 g/mol. The van der Waals surface area contributed by atoms with Crippen molar-refractivity contribution < 1.29 is 4.43 Å². The molecule has 0 aliphatic rings. The number of hydrogen-bond donors (Lipinski definition) is 0. The molecule has 0 aromatic heterocycles. The van der Waals surface area contributed by atoms with Crippen molar-refractivity contribution >= 4 is 14.4 Å². The molecule has 0 saturated heterocycles. The summed E-state index contributed by atoms with van der Waals surface area (Å²) in [6, 6.07) is 22.1. The Morgan fingerprint density at radius 2 is 1.50 bits per heavy atom. The van der Waals surface area contributed by atoms with Crippen LogP contribution < -0.4 is 0 Å². The van der Waals surface area contributed by atoms with E-state index >= 15 is 0 Å². The van der Waals surface area contributed by atoms with Crippen molar-refractivity contribution in [2.24, 2.45) is 0 Å². The van der Waals surface area contributed by atoms with Crippen LogP contribution in [0.2, 0.25) is 19.6 Å². The first kappa shape index (κ1) is 16.2. The molecule has 2 rings (SSSR count). The molecule has 0 bridgehead atoms. The molecule has 2 nitrogen and oxygen atoms in total. The third kappa shape index (κ3) is 4.17. The van der Waals surface area contributed by atoms with E-state index in [0.717, 1.165) is 11.1 Å². The van der Waals surface area contributed by atoms with Crippen molar-refractivity contribution in [1.82, 2.24) is 0 Å². The number of nitriles is 1. The first-order chi connectivity index (χ1) is 10.5. The van der Waals surface area contributed by atoms with Gasteiger partial charge in [-0.05, 0) is 31.3 Å². The van der Waals surface area contributed by atoms with Crippen LogP contribution in [-0.4, -0.2) is 8.32 Å². The summed E-state index contributed by atoms with van der Waals surface area (Å²) < 4.78 is 6.27. The van der Waals surface area contributed by atoms with Gasteiger partial charge in [-0.1, -0.05) is 66.7 Å². The lowest BCUT2D eigenvalue weighted by molar-refractivity contribution is 0.173. The lowest BCUT2D eigenvalue weighted by Crippen LogP contribution is -2.38. The topological polar surface area (TPSA) is 33.0 Å². The smallest absolute Gasteiger partial charge is 0.189 e. The molecule has 22 heavy (non-hydrogen) atoms. The molecule has 2 aromatic rings. The van der Waals surface area contributed by atoms with E-state index < -0.39 is 13.9 Å². The molecule has 0 aliphatic carbocycles. The van der Waals surface area contributed by atoms with E-state index in [2.05, 4.69) is 25.7 Å². The highest BCUT2D eigenvalue weighted by Gasteiger charge is 2.35. The Labute approximate surface area is 133 Å². The average Bonchev–Trinajstić information content (AvgIpc) is 2.52. The van der Waals surface area contributed by atoms with Gasteiger partial charge in [0, 0.05) is 5.56 Å². The molecule has 0 N–H and O–H groups in total. The SMILES string of the molecule is C[Si](C)(C)OC(C#N)(C=Cc1ccccc1)c1ccccc1. The Kier molecular flexibility index (Phi) is 4.97. The summed E-state index contributed by atoms with van der Waals surface area (Å²) >= 11 is 0. The average molecular weight is 307 g/mol. The van der Waals surface area contributed by atoms with Gasteiger partial charge in [-0.15, -0.1) is 0 Å². The maximum atomic E-state index is 9.87. The van der Waals surface area contributed by atoms with Gasteiger partial charge in [0.25, 0.3) is 0 Å². The fourth-order valence-electron chi connectivity index (χ4n) is 2.26. The van der Waals surface area contributed by atoms with Gasteiger partial charge in [0.15, 0.2) is 13.9 Å². The highest BCUT2D eigenvalue weighted by Crippen LogP contribution is 2.31. The number of rotatable bonds is 5. The van der Waals surface area contributed by atoms with Gasteiger partial charge in [0.2, 0.25) is 0 Å². The van der Waals surface area contributed by atoms with E-state index in [-0.39, 0.29) is 0 Å². The van der Waals surface area contributed by atoms with Crippen molar-refractivity contribution in [3.05, 3.63) is 77.9 Å². The zero-order chi connectivity index (χ0) is 16.1. The summed E-state index contributed by atoms with van der Waals surface area (Å²) in [5, 5.41) is 9.87. The largest absolute Gasteiger partial charge is 0.394 e. The fourth-order valence-corrected chi connectivity index (χ4v) is 3.46. The first-order valence-corrected chi connectivity index (χ1v) is 10.8. The predicted octanol–water partition coefficient (Wildman–Crippen LogP) is 4.97. The minimum atomic E-state index is -1.91. The van der Waals surface area contributed by atoms with Gasteiger partial charge >= 0.3 is 0 Å². The molecular formula is C19H21NOSi. The quantitative estimate of drug-likeness (QED) is 0.731. The van der Waals surface area contributed by atoms with Crippen molar-refractivity contribution in [3.63, 3.8) is 0 Å². The predicted molar refractivity (Wildman–Crippen MR) is 93.6 cm³/mol. The van der Waals surface area contributed by atoms with Crippen molar-refractivity contribution in [3.8, 4) is 6.07 Å². The van der Waals surface area contributed by atoms with Crippen LogP contribution in [0.1, 0.15) is 11.1 Å². The minimum absolute atomic E-state index is 0.868. The molecule has 1 atom stereocenters. The molecule has 0 fully saturated rings. The Morgan fingerprint density at radius 3 is 2.00 bits per heavy atom. The van der Waals surface area contributed by atoms with E-state index in [0.29, 0.717) is 0 Å². The summed E-state index contributed by atoms with van der Waals surface area (Å²) in [6.45, 7) is 6.29. The van der Waals surface area contributed by atoms with Crippen LogP contribution in [0.4, 0.5) is 0 Å². The summed E-state index contributed by atoms with van der Waals surface area (Å²) in [6.07, 6.45) is 3.83. The summed E-state index contributed by atoms with van der Waals surface area (Å²) in [5.74, 6) is 0. The normalized spacial score (nSPS) is 14.5. The van der Waals surface area contributed by atoms with E-state index in [1.165, 1.54) is 0 Å². The number of nitrogens with zero attached hydrogens (tertiary/aromatic N) is 1. The van der Waals surface area contributed by atoms with Gasteiger partial charge in [0.05, 0.1) is 0 Å². The molecule has 3 heteroatoms. The number of hydrogen-bond acceptors (Lipinski definition) is 2. The Balaban J connectivity index is 2.46. The van der Waals surface area contributed by atoms with Crippen molar-refractivity contribution in [1.29, 1.82) is 5.26 Å². The fraction of sp³-hybridized carbons (Fsp3) is 0.211. The molecule has 0 heterocycles. The molecule has 2 aromatic carbocycles. The second-order valence-electron chi connectivity index (χ2n) is 6.17. The van der Waals surface area contributed by atoms with Crippen LogP contribution >= 0.6 is 0 Å². The van der Waals surface area contributed by atoms with Gasteiger partial charge in [-0.2, -0.15) is 5.26 Å². The first-order valence-electron chi connectivity index (χ1n) is 7.36. The van der Waals surface area contributed by atoms with E-state index in [1.54, 1.807) is 0 Å². The van der Waals surface area contributed by atoms with Crippen LogP contribution in [0, 0.1) is 11.3 Å². The van der Waals surface area contributed by atoms with E-state index in [4.69, 9.17) is 4.43 Å². The van der Waals surface area contributed by atoms with E-state index in [1.807, 2.05) is 72.8 Å². The van der Waals surface area contributed by atoms with Gasteiger partial charge in [0.1, 0.15) is 6.07 Å². The second kappa shape index (κ2) is 6.74. The minimum Gasteiger partial charge on any atom is -0.394 e. The summed E-state index contributed by atoms with van der Waals surface area (Å²) in [7, 11) is -1.91. The van der Waals surface area contributed by atoms with Crippen molar-refractivity contribution in [2.45, 2.75) is 25.2 Å². The third-order valence-corrected chi connectivity index (χ3v) is 4.08. The molecule has 112 valence electrons. The third-order valence-electron chi connectivity index (χ3n) is 3.15. The maximum absolute atomic E-state index is 9.87. The Hall–Kier alpha value is -2.15. The Morgan fingerprint density at radius 1 is 0.955 bits per heavy atom. The number of benzene rings is 2. The standard InChI is InChI=1S/C19H21NOSi/c1-22(2,3)21-19(16-20,18-12-8-5-9-13-18)15-14-17-10-6-4-7-11-17/h4-15H,1-3H3. The Bertz CT molecular complexity index is 668. The summed E-state index contributed by atoms with van der Waals surface area (Å²) in [5.41, 5.74) is 0.881. The molecule has 0 amide bonds. The van der Waals surface area contributed by atoms with Crippen LogP contribution in [-0.2, 0) is 10.0 Å². The highest BCUT2D eigenvalue weighted by atomic mass is 28.4. The molecule has 0 saturated carbocycles. The van der Waals surface area contributed by atoms with E-state index in [9.17, 15) is 5.26 Å². The zero-order valence-corrected chi connectivity index (χ0v) is 14.3. The van der Waals surface area contributed by atoms with Crippen LogP contribution in [0.3, 0.4) is 0 Å². The zero-order valence-electron chi connectivity index (χ0n) is 13.3. The van der Waals surface area contributed by atoms with Gasteiger partial charge in [-0.25, -0.2) is 0 Å². The van der Waals surface area contributed by atoms with Crippen molar-refractivity contribution in [2.75, 3.05) is 0 Å². The van der Waals surface area contributed by atoms with Gasteiger partial charge in [-0.3, -0.25) is 0 Å². The molecule has 0 aliphatic heterocycles. The molecule has 0 radical (unpaired) electrons. The highest BCUT2D eigenvalue weighted by molar-refractivity contribution is 6.69.